The first kappa shape index (κ1) is 9.03. The Labute approximate surface area is 58.0 Å². The van der Waals surface area contributed by atoms with Gasteiger partial charge in [0.25, 0.3) is 0 Å². The largest absolute Gasteiger partial charge is 0.464 e. The smallest absolute Gasteiger partial charge is 0.336 e. The van der Waals surface area contributed by atoms with E-state index in [9.17, 15) is 9.70 Å². The van der Waals surface area contributed by atoms with Crippen molar-refractivity contribution < 1.29 is 14.6 Å². The SMILES string of the molecule is CCOC(=O)C(CO)N=O. The molecular weight excluding hydrogens is 138 g/mol. The summed E-state index contributed by atoms with van der Waals surface area (Å²) in [5, 5.41) is 10.7. The third-order valence-electron chi connectivity index (χ3n) is 0.859. The molecule has 0 radical (unpaired) electrons. The van der Waals surface area contributed by atoms with E-state index in [0.29, 0.717) is 0 Å². The molecular formula is C5H9NO4. The van der Waals surface area contributed by atoms with Gasteiger partial charge in [-0.05, 0) is 6.92 Å². The first-order valence-corrected chi connectivity index (χ1v) is 2.86. The number of ether oxygens (including phenoxy) is 1. The predicted octanol–water partition coefficient (Wildman–Crippen LogP) is -0.323. The summed E-state index contributed by atoms with van der Waals surface area (Å²) in [5.74, 6) is -0.778. The molecule has 58 valence electrons. The minimum atomic E-state index is -1.26. The molecule has 0 aliphatic rings. The third-order valence-corrected chi connectivity index (χ3v) is 0.859. The van der Waals surface area contributed by atoms with Crippen molar-refractivity contribution in [1.29, 1.82) is 0 Å². The Bertz CT molecular complexity index is 125. The van der Waals surface area contributed by atoms with Crippen LogP contribution in [0.2, 0.25) is 0 Å². The molecule has 0 aromatic heterocycles. The van der Waals surface area contributed by atoms with Crippen molar-refractivity contribution in [2.75, 3.05) is 13.2 Å². The van der Waals surface area contributed by atoms with Gasteiger partial charge in [0.1, 0.15) is 0 Å². The lowest BCUT2D eigenvalue weighted by Gasteiger charge is -2.02. The fraction of sp³-hybridized carbons (Fsp3) is 0.800. The van der Waals surface area contributed by atoms with E-state index in [0.717, 1.165) is 0 Å². The second-order valence-electron chi connectivity index (χ2n) is 1.56. The number of hydrogen-bond acceptors (Lipinski definition) is 5. The summed E-state index contributed by atoms with van der Waals surface area (Å²) in [6.07, 6.45) is 0. The highest BCUT2D eigenvalue weighted by molar-refractivity contribution is 5.75. The molecule has 10 heavy (non-hydrogen) atoms. The molecule has 0 fully saturated rings. The second-order valence-corrected chi connectivity index (χ2v) is 1.56. The van der Waals surface area contributed by atoms with Crippen LogP contribution in [0.4, 0.5) is 0 Å². The van der Waals surface area contributed by atoms with Gasteiger partial charge < -0.3 is 9.84 Å². The molecule has 0 heterocycles. The first-order valence-electron chi connectivity index (χ1n) is 2.86. The summed E-state index contributed by atoms with van der Waals surface area (Å²) in [7, 11) is 0. The summed E-state index contributed by atoms with van der Waals surface area (Å²) in [6, 6.07) is -1.26. The van der Waals surface area contributed by atoms with Crippen molar-refractivity contribution in [2.45, 2.75) is 13.0 Å². The van der Waals surface area contributed by atoms with Crippen LogP contribution >= 0.6 is 0 Å². The van der Waals surface area contributed by atoms with Gasteiger partial charge in [-0.3, -0.25) is 0 Å². The van der Waals surface area contributed by atoms with Gasteiger partial charge in [0.05, 0.1) is 13.2 Å². The van der Waals surface area contributed by atoms with Crippen LogP contribution in [-0.2, 0) is 9.53 Å². The summed E-state index contributed by atoms with van der Waals surface area (Å²) < 4.78 is 4.39. The zero-order chi connectivity index (χ0) is 7.98. The number of rotatable bonds is 4. The number of aliphatic hydroxyl groups excluding tert-OH is 1. The highest BCUT2D eigenvalue weighted by Crippen LogP contribution is 1.92. The Kier molecular flexibility index (Phi) is 4.39. The van der Waals surface area contributed by atoms with Crippen molar-refractivity contribution in [3.63, 3.8) is 0 Å². The van der Waals surface area contributed by atoms with E-state index in [1.165, 1.54) is 0 Å². The number of hydrogen-bond donors (Lipinski definition) is 1. The first-order chi connectivity index (χ1) is 4.76. The number of esters is 1. The van der Waals surface area contributed by atoms with Crippen LogP contribution in [0.3, 0.4) is 0 Å². The van der Waals surface area contributed by atoms with Gasteiger partial charge in [0, 0.05) is 0 Å². The second kappa shape index (κ2) is 4.87. The maximum atomic E-state index is 10.5. The minimum Gasteiger partial charge on any atom is -0.464 e. The van der Waals surface area contributed by atoms with Gasteiger partial charge >= 0.3 is 5.97 Å². The standard InChI is InChI=1S/C5H9NO4/c1-2-10-5(8)4(3-7)6-9/h4,7H,2-3H2,1H3. The number of nitrogens with zero attached hydrogens (tertiary/aromatic N) is 1. The van der Waals surface area contributed by atoms with Crippen LogP contribution in [0.5, 0.6) is 0 Å². The van der Waals surface area contributed by atoms with E-state index in [-0.39, 0.29) is 6.61 Å². The van der Waals surface area contributed by atoms with Crippen LogP contribution in [0.1, 0.15) is 6.92 Å². The van der Waals surface area contributed by atoms with E-state index >= 15 is 0 Å². The van der Waals surface area contributed by atoms with E-state index in [1.807, 2.05) is 0 Å². The van der Waals surface area contributed by atoms with Crippen molar-refractivity contribution >= 4 is 5.97 Å². The molecule has 0 bridgehead atoms. The highest BCUT2D eigenvalue weighted by Gasteiger charge is 2.18. The molecule has 0 aliphatic heterocycles. The molecule has 0 amide bonds. The number of nitroso groups, excluding NO2 is 1. The molecule has 1 atom stereocenters. The summed E-state index contributed by atoms with van der Waals surface area (Å²) >= 11 is 0. The molecule has 5 nitrogen and oxygen atoms in total. The number of carbonyl (C=O) groups excluding carboxylic acids is 1. The molecule has 0 rings (SSSR count). The van der Waals surface area contributed by atoms with Crippen molar-refractivity contribution in [3.8, 4) is 0 Å². The molecule has 0 aromatic carbocycles. The number of aliphatic hydroxyl groups is 1. The van der Waals surface area contributed by atoms with E-state index in [4.69, 9.17) is 5.11 Å². The van der Waals surface area contributed by atoms with Crippen molar-refractivity contribution in [2.24, 2.45) is 5.18 Å². The van der Waals surface area contributed by atoms with Crippen LogP contribution in [-0.4, -0.2) is 30.3 Å². The lowest BCUT2D eigenvalue weighted by molar-refractivity contribution is -0.145. The minimum absolute atomic E-state index is 0.185. The predicted molar refractivity (Wildman–Crippen MR) is 33.3 cm³/mol. The van der Waals surface area contributed by atoms with E-state index in [2.05, 4.69) is 9.91 Å². The van der Waals surface area contributed by atoms with E-state index < -0.39 is 18.6 Å². The molecule has 0 aliphatic carbocycles. The average molecular weight is 147 g/mol. The fourth-order valence-corrected chi connectivity index (χ4v) is 0.389. The normalized spacial score (nSPS) is 12.2. The Morgan fingerprint density at radius 3 is 2.70 bits per heavy atom. The Morgan fingerprint density at radius 2 is 2.40 bits per heavy atom. The van der Waals surface area contributed by atoms with Crippen molar-refractivity contribution in [1.82, 2.24) is 0 Å². The fourth-order valence-electron chi connectivity index (χ4n) is 0.389. The van der Waals surface area contributed by atoms with Crippen LogP contribution in [0.15, 0.2) is 5.18 Å². The lowest BCUT2D eigenvalue weighted by atomic mass is 10.3. The van der Waals surface area contributed by atoms with Gasteiger partial charge in [-0.2, -0.15) is 0 Å². The van der Waals surface area contributed by atoms with Gasteiger partial charge in [0.15, 0.2) is 0 Å². The quantitative estimate of drug-likeness (QED) is 0.436. The molecule has 1 N–H and O–H groups in total. The van der Waals surface area contributed by atoms with E-state index in [1.54, 1.807) is 6.92 Å². The third kappa shape index (κ3) is 2.54. The maximum Gasteiger partial charge on any atom is 0.336 e. The molecule has 5 heteroatoms. The monoisotopic (exact) mass is 147 g/mol. The maximum absolute atomic E-state index is 10.5. The number of carbonyl (C=O) groups is 1. The van der Waals surface area contributed by atoms with Gasteiger partial charge in [-0.25, -0.2) is 4.79 Å². The topological polar surface area (TPSA) is 76.0 Å². The Hall–Kier alpha value is -0.970. The van der Waals surface area contributed by atoms with Gasteiger partial charge in [-0.1, -0.05) is 5.18 Å². The summed E-state index contributed by atoms with van der Waals surface area (Å²) in [6.45, 7) is 1.20. The van der Waals surface area contributed by atoms with Crippen LogP contribution in [0.25, 0.3) is 0 Å². The summed E-state index contributed by atoms with van der Waals surface area (Å²) in [4.78, 5) is 20.3. The Morgan fingerprint density at radius 1 is 1.80 bits per heavy atom. The van der Waals surface area contributed by atoms with Crippen molar-refractivity contribution in [3.05, 3.63) is 4.91 Å². The highest BCUT2D eigenvalue weighted by atomic mass is 16.5. The lowest BCUT2D eigenvalue weighted by Crippen LogP contribution is -2.24. The van der Waals surface area contributed by atoms with Crippen LogP contribution < -0.4 is 0 Å². The molecule has 1 unspecified atom stereocenters. The Balaban J connectivity index is 3.76. The molecule has 0 saturated heterocycles. The average Bonchev–Trinajstić information content (AvgIpc) is 1.91. The van der Waals surface area contributed by atoms with Crippen LogP contribution in [0, 0.1) is 4.91 Å². The molecule has 0 saturated carbocycles. The zero-order valence-corrected chi connectivity index (χ0v) is 5.61. The summed E-state index contributed by atoms with van der Waals surface area (Å²) in [5.41, 5.74) is 0. The molecule has 0 aromatic rings. The van der Waals surface area contributed by atoms with Gasteiger partial charge in [-0.15, -0.1) is 4.91 Å². The zero-order valence-electron chi connectivity index (χ0n) is 5.61. The van der Waals surface area contributed by atoms with Gasteiger partial charge in [0.2, 0.25) is 6.04 Å². The molecule has 0 spiro atoms.